The van der Waals surface area contributed by atoms with E-state index in [0.29, 0.717) is 6.61 Å². The average Bonchev–Trinajstić information content (AvgIpc) is 2.41. The van der Waals surface area contributed by atoms with Gasteiger partial charge >= 0.3 is 6.09 Å². The highest BCUT2D eigenvalue weighted by Gasteiger charge is 2.22. The first-order valence-electron chi connectivity index (χ1n) is 4.97. The van der Waals surface area contributed by atoms with Crippen LogP contribution in [0.4, 0.5) is 10.5 Å². The lowest BCUT2D eigenvalue weighted by molar-refractivity contribution is 0.167. The molecule has 2 rings (SSSR count). The number of anilines is 1. The molecular weight excluding hydrogens is 190 g/mol. The van der Waals surface area contributed by atoms with Gasteiger partial charge in [0.15, 0.2) is 0 Å². The predicted octanol–water partition coefficient (Wildman–Crippen LogP) is 2.59. The molecular formula is C12H13NO2. The molecule has 0 fully saturated rings. The van der Waals surface area contributed by atoms with Crippen molar-refractivity contribution in [2.45, 2.75) is 13.0 Å². The van der Waals surface area contributed by atoms with Gasteiger partial charge in [0.25, 0.3) is 0 Å². The molecule has 0 bridgehead atoms. The van der Waals surface area contributed by atoms with E-state index in [1.54, 1.807) is 4.90 Å². The van der Waals surface area contributed by atoms with Crippen molar-refractivity contribution >= 4 is 11.8 Å². The maximum absolute atomic E-state index is 11.7. The lowest BCUT2D eigenvalue weighted by Crippen LogP contribution is -2.36. The zero-order valence-electron chi connectivity index (χ0n) is 8.59. The first-order valence-corrected chi connectivity index (χ1v) is 4.97. The van der Waals surface area contributed by atoms with Gasteiger partial charge in [-0.25, -0.2) is 4.79 Å². The third kappa shape index (κ3) is 2.01. The third-order valence-electron chi connectivity index (χ3n) is 2.36. The SMILES string of the molecule is CC1C=CCOC(=O)N1c1ccccc1. The van der Waals surface area contributed by atoms with Crippen molar-refractivity contribution in [2.24, 2.45) is 0 Å². The Labute approximate surface area is 89.0 Å². The van der Waals surface area contributed by atoms with Crippen LogP contribution in [0.2, 0.25) is 0 Å². The molecule has 1 unspecified atom stereocenters. The Morgan fingerprint density at radius 3 is 2.80 bits per heavy atom. The molecule has 1 heterocycles. The normalized spacial score (nSPS) is 21.0. The molecule has 1 atom stereocenters. The van der Waals surface area contributed by atoms with Crippen molar-refractivity contribution in [3.05, 3.63) is 42.5 Å². The summed E-state index contributed by atoms with van der Waals surface area (Å²) in [7, 11) is 0. The van der Waals surface area contributed by atoms with Crippen LogP contribution in [0, 0.1) is 0 Å². The molecule has 0 aromatic heterocycles. The lowest BCUT2D eigenvalue weighted by atomic mass is 10.2. The summed E-state index contributed by atoms with van der Waals surface area (Å²) in [5.74, 6) is 0. The maximum Gasteiger partial charge on any atom is 0.415 e. The summed E-state index contributed by atoms with van der Waals surface area (Å²) in [5.41, 5.74) is 0.863. The predicted molar refractivity (Wildman–Crippen MR) is 58.9 cm³/mol. The van der Waals surface area contributed by atoms with Gasteiger partial charge in [0.1, 0.15) is 6.61 Å². The van der Waals surface area contributed by atoms with Crippen LogP contribution in [0.3, 0.4) is 0 Å². The van der Waals surface area contributed by atoms with Gasteiger partial charge in [-0.2, -0.15) is 0 Å². The lowest BCUT2D eigenvalue weighted by Gasteiger charge is -2.24. The molecule has 0 aliphatic carbocycles. The van der Waals surface area contributed by atoms with Crippen molar-refractivity contribution in [1.29, 1.82) is 0 Å². The van der Waals surface area contributed by atoms with E-state index in [1.807, 2.05) is 49.4 Å². The van der Waals surface area contributed by atoms with Gasteiger partial charge in [0, 0.05) is 5.69 Å². The Balaban J connectivity index is 2.32. The molecule has 1 aliphatic rings. The molecule has 15 heavy (non-hydrogen) atoms. The van der Waals surface area contributed by atoms with Crippen molar-refractivity contribution in [3.8, 4) is 0 Å². The number of carbonyl (C=O) groups excluding carboxylic acids is 1. The van der Waals surface area contributed by atoms with Crippen molar-refractivity contribution in [3.63, 3.8) is 0 Å². The molecule has 3 nitrogen and oxygen atoms in total. The standard InChI is InChI=1S/C12H13NO2/c1-10-6-5-9-15-12(14)13(10)11-7-3-2-4-8-11/h2-8,10H,9H2,1H3. The van der Waals surface area contributed by atoms with Crippen molar-refractivity contribution < 1.29 is 9.53 Å². The first-order chi connectivity index (χ1) is 7.29. The number of cyclic esters (lactones) is 1. The molecule has 3 heteroatoms. The van der Waals surface area contributed by atoms with Crippen molar-refractivity contribution in [2.75, 3.05) is 11.5 Å². The molecule has 1 amide bonds. The summed E-state index contributed by atoms with van der Waals surface area (Å²) in [6, 6.07) is 9.57. The number of ether oxygens (including phenoxy) is 1. The maximum atomic E-state index is 11.7. The zero-order valence-corrected chi connectivity index (χ0v) is 8.59. The molecule has 0 saturated heterocycles. The summed E-state index contributed by atoms with van der Waals surface area (Å²) in [5, 5.41) is 0. The van der Waals surface area contributed by atoms with E-state index in [0.717, 1.165) is 5.69 Å². The van der Waals surface area contributed by atoms with Gasteiger partial charge in [-0.05, 0) is 25.1 Å². The second kappa shape index (κ2) is 4.17. The number of hydrogen-bond donors (Lipinski definition) is 0. The Morgan fingerprint density at radius 2 is 2.07 bits per heavy atom. The minimum absolute atomic E-state index is 0.0300. The van der Waals surface area contributed by atoms with Gasteiger partial charge in [-0.1, -0.05) is 24.3 Å². The largest absolute Gasteiger partial charge is 0.445 e. The Kier molecular flexibility index (Phi) is 2.72. The number of hydrogen-bond acceptors (Lipinski definition) is 2. The smallest absolute Gasteiger partial charge is 0.415 e. The van der Waals surface area contributed by atoms with Crippen LogP contribution < -0.4 is 4.90 Å². The quantitative estimate of drug-likeness (QED) is 0.656. The molecule has 0 radical (unpaired) electrons. The summed E-state index contributed by atoms with van der Waals surface area (Å²) in [6.07, 6.45) is 3.54. The summed E-state index contributed by atoms with van der Waals surface area (Å²) in [4.78, 5) is 13.3. The Hall–Kier alpha value is -1.77. The summed E-state index contributed by atoms with van der Waals surface area (Å²) >= 11 is 0. The second-order valence-electron chi connectivity index (χ2n) is 3.45. The zero-order chi connectivity index (χ0) is 10.7. The van der Waals surface area contributed by atoms with Gasteiger partial charge in [-0.15, -0.1) is 0 Å². The highest BCUT2D eigenvalue weighted by molar-refractivity contribution is 5.89. The molecule has 0 spiro atoms. The second-order valence-corrected chi connectivity index (χ2v) is 3.45. The number of carbonyl (C=O) groups is 1. The third-order valence-corrected chi connectivity index (χ3v) is 2.36. The van der Waals surface area contributed by atoms with E-state index in [4.69, 9.17) is 4.74 Å². The number of rotatable bonds is 1. The van der Waals surface area contributed by atoms with E-state index in [1.165, 1.54) is 0 Å². The average molecular weight is 203 g/mol. The van der Waals surface area contributed by atoms with Gasteiger partial charge in [0.05, 0.1) is 6.04 Å². The first kappa shape index (κ1) is 9.77. The minimum Gasteiger partial charge on any atom is -0.445 e. The van der Waals surface area contributed by atoms with Gasteiger partial charge in [-0.3, -0.25) is 4.90 Å². The van der Waals surface area contributed by atoms with Crippen LogP contribution in [0.25, 0.3) is 0 Å². The number of benzene rings is 1. The van der Waals surface area contributed by atoms with Gasteiger partial charge < -0.3 is 4.74 Å². The van der Waals surface area contributed by atoms with E-state index in [-0.39, 0.29) is 12.1 Å². The topological polar surface area (TPSA) is 29.5 Å². The van der Waals surface area contributed by atoms with Crippen molar-refractivity contribution in [1.82, 2.24) is 0 Å². The number of nitrogens with zero attached hydrogens (tertiary/aromatic N) is 1. The van der Waals surface area contributed by atoms with E-state index < -0.39 is 0 Å². The molecule has 1 aliphatic heterocycles. The fourth-order valence-corrected chi connectivity index (χ4v) is 1.62. The van der Waals surface area contributed by atoms with Crippen LogP contribution in [0.1, 0.15) is 6.92 Å². The highest BCUT2D eigenvalue weighted by atomic mass is 16.6. The fourth-order valence-electron chi connectivity index (χ4n) is 1.62. The fraction of sp³-hybridized carbons (Fsp3) is 0.250. The van der Waals surface area contributed by atoms with E-state index in [9.17, 15) is 4.79 Å². The summed E-state index contributed by atoms with van der Waals surface area (Å²) in [6.45, 7) is 2.32. The molecule has 0 N–H and O–H groups in total. The highest BCUT2D eigenvalue weighted by Crippen LogP contribution is 2.19. The van der Waals surface area contributed by atoms with Crippen LogP contribution >= 0.6 is 0 Å². The van der Waals surface area contributed by atoms with E-state index in [2.05, 4.69) is 0 Å². The molecule has 0 saturated carbocycles. The Bertz CT molecular complexity index is 372. The monoisotopic (exact) mass is 203 g/mol. The van der Waals surface area contributed by atoms with Crippen LogP contribution in [-0.2, 0) is 4.74 Å². The molecule has 1 aromatic rings. The van der Waals surface area contributed by atoms with Crippen LogP contribution in [-0.4, -0.2) is 18.7 Å². The molecule has 78 valence electrons. The van der Waals surface area contributed by atoms with Crippen LogP contribution in [0.5, 0.6) is 0 Å². The number of amides is 1. The molecule has 1 aromatic carbocycles. The van der Waals surface area contributed by atoms with Gasteiger partial charge in [0.2, 0.25) is 0 Å². The van der Waals surface area contributed by atoms with Crippen LogP contribution in [0.15, 0.2) is 42.5 Å². The summed E-state index contributed by atoms with van der Waals surface area (Å²) < 4.78 is 5.04. The number of para-hydroxylation sites is 1. The van der Waals surface area contributed by atoms with E-state index >= 15 is 0 Å². The minimum atomic E-state index is -0.293. The Morgan fingerprint density at radius 1 is 1.33 bits per heavy atom.